The van der Waals surface area contributed by atoms with E-state index in [1.165, 1.54) is 0 Å². The number of ether oxygens (including phenoxy) is 3. The summed E-state index contributed by atoms with van der Waals surface area (Å²) in [5.74, 6) is 1.53. The number of carbonyl (C=O) groups excluding carboxylic acids is 2. The lowest BCUT2D eigenvalue weighted by Crippen LogP contribution is -2.48. The Kier molecular flexibility index (Phi) is 12.1. The Morgan fingerprint density at radius 3 is 2.06 bits per heavy atom. The van der Waals surface area contributed by atoms with Gasteiger partial charge in [-0.15, -0.1) is 0 Å². The van der Waals surface area contributed by atoms with Gasteiger partial charge in [0.05, 0.1) is 19.8 Å². The molecule has 5 rings (SSSR count). The van der Waals surface area contributed by atoms with E-state index in [-0.39, 0.29) is 41.9 Å². The van der Waals surface area contributed by atoms with Gasteiger partial charge < -0.3 is 34.6 Å². The van der Waals surface area contributed by atoms with Crippen LogP contribution in [0, 0.1) is 11.8 Å². The van der Waals surface area contributed by atoms with Crippen LogP contribution < -0.4 is 20.1 Å². The van der Waals surface area contributed by atoms with E-state index in [0.717, 1.165) is 43.5 Å². The largest absolute Gasteiger partial charge is 0.493 e. The first-order valence-electron chi connectivity index (χ1n) is 16.9. The van der Waals surface area contributed by atoms with Crippen LogP contribution in [0.5, 0.6) is 11.5 Å². The predicted octanol–water partition coefficient (Wildman–Crippen LogP) is 5.76. The lowest BCUT2D eigenvalue weighted by atomic mass is 9.93. The van der Waals surface area contributed by atoms with Gasteiger partial charge >= 0.3 is 6.03 Å². The minimum Gasteiger partial charge on any atom is -0.493 e. The number of hydrogen-bond acceptors (Lipinski definition) is 6. The molecule has 1 aliphatic carbocycles. The molecule has 3 aromatic rings. The molecule has 1 saturated heterocycles. The Morgan fingerprint density at radius 2 is 1.49 bits per heavy atom. The summed E-state index contributed by atoms with van der Waals surface area (Å²) in [6, 6.07) is 25.6. The molecule has 0 bridgehead atoms. The Balaban J connectivity index is 1.28. The third-order valence-electron chi connectivity index (χ3n) is 9.17. The van der Waals surface area contributed by atoms with Gasteiger partial charge in [-0.25, -0.2) is 4.79 Å². The average Bonchev–Trinajstić information content (AvgIpc) is 3.85. The molecule has 2 aliphatic rings. The highest BCUT2D eigenvalue weighted by Crippen LogP contribution is 2.33. The van der Waals surface area contributed by atoms with Crippen LogP contribution in [0.15, 0.2) is 78.9 Å². The number of methoxy groups -OCH3 is 2. The Bertz CT molecular complexity index is 1390. The molecule has 0 spiro atoms. The fourth-order valence-corrected chi connectivity index (χ4v) is 6.36. The maximum Gasteiger partial charge on any atom is 0.318 e. The number of urea groups is 1. The lowest BCUT2D eigenvalue weighted by molar-refractivity contribution is 0.0652. The van der Waals surface area contributed by atoms with Crippen molar-refractivity contribution in [3.63, 3.8) is 0 Å². The Labute approximate surface area is 279 Å². The SMILES string of the molecule is COCCCOc1cc(C(=O)N(C[C@@H]2CNC[C@@H]2CN(C(=O)NC(c2ccccc2)c2ccccc2)C2CC2)C(C)C)ccc1OC. The monoisotopic (exact) mass is 642 g/mol. The first-order chi connectivity index (χ1) is 22.9. The molecule has 0 aromatic heterocycles. The second-order valence-corrected chi connectivity index (χ2v) is 12.9. The number of rotatable bonds is 16. The molecule has 3 aromatic carbocycles. The van der Waals surface area contributed by atoms with Crippen molar-refractivity contribution in [3.8, 4) is 11.5 Å². The summed E-state index contributed by atoms with van der Waals surface area (Å²) >= 11 is 0. The summed E-state index contributed by atoms with van der Waals surface area (Å²) in [6.07, 6.45) is 2.77. The second kappa shape index (κ2) is 16.7. The van der Waals surface area contributed by atoms with Gasteiger partial charge in [-0.1, -0.05) is 60.7 Å². The molecule has 2 atom stereocenters. The van der Waals surface area contributed by atoms with Crippen LogP contribution in [0.25, 0.3) is 0 Å². The highest BCUT2D eigenvalue weighted by Gasteiger charge is 2.39. The van der Waals surface area contributed by atoms with E-state index in [2.05, 4.69) is 48.7 Å². The summed E-state index contributed by atoms with van der Waals surface area (Å²) in [4.78, 5) is 32.0. The molecular weight excluding hydrogens is 592 g/mol. The van der Waals surface area contributed by atoms with E-state index in [4.69, 9.17) is 14.2 Å². The van der Waals surface area contributed by atoms with Gasteiger partial charge in [0.1, 0.15) is 0 Å². The van der Waals surface area contributed by atoms with Gasteiger partial charge in [0.25, 0.3) is 5.91 Å². The molecule has 1 aliphatic heterocycles. The number of nitrogens with zero attached hydrogens (tertiary/aromatic N) is 2. The number of amides is 3. The van der Waals surface area contributed by atoms with E-state index in [0.29, 0.717) is 43.4 Å². The van der Waals surface area contributed by atoms with Crippen LogP contribution >= 0.6 is 0 Å². The summed E-state index contributed by atoms with van der Waals surface area (Å²) < 4.78 is 16.6. The highest BCUT2D eigenvalue weighted by molar-refractivity contribution is 5.95. The summed E-state index contributed by atoms with van der Waals surface area (Å²) in [7, 11) is 3.26. The highest BCUT2D eigenvalue weighted by atomic mass is 16.5. The van der Waals surface area contributed by atoms with E-state index in [9.17, 15) is 9.59 Å². The standard InChI is InChI=1S/C38H50N4O5/c1-27(2)41(37(43)30-16-19-34(46-4)35(22-30)47-21-11-20-45-3)25-31-23-39-24-32(31)26-42(33-17-18-33)38(44)40-36(28-12-7-5-8-13-28)29-14-9-6-10-15-29/h5-10,12-16,19,22,27,31-33,36,39H,11,17-18,20-21,23-26H2,1-4H3,(H,40,44)/t31-,32+/m0/s1. The van der Waals surface area contributed by atoms with Crippen LogP contribution in [0.1, 0.15) is 60.6 Å². The third-order valence-corrected chi connectivity index (χ3v) is 9.17. The summed E-state index contributed by atoms with van der Waals surface area (Å²) in [6.45, 7) is 8.02. The topological polar surface area (TPSA) is 92.4 Å². The molecule has 2 fully saturated rings. The van der Waals surface area contributed by atoms with E-state index >= 15 is 0 Å². The zero-order valence-electron chi connectivity index (χ0n) is 28.2. The fraction of sp³-hybridized carbons (Fsp3) is 0.474. The van der Waals surface area contributed by atoms with Gasteiger partial charge in [0, 0.05) is 64.0 Å². The number of carbonyl (C=O) groups is 2. The minimum atomic E-state index is -0.240. The number of hydrogen-bond donors (Lipinski definition) is 2. The molecular formula is C38H50N4O5. The molecule has 2 N–H and O–H groups in total. The molecule has 0 radical (unpaired) electrons. The van der Waals surface area contributed by atoms with Crippen molar-refractivity contribution in [2.24, 2.45) is 11.8 Å². The first kappa shape index (κ1) is 34.3. The first-order valence-corrected chi connectivity index (χ1v) is 16.9. The molecule has 47 heavy (non-hydrogen) atoms. The number of benzene rings is 3. The molecule has 1 heterocycles. The normalized spacial score (nSPS) is 17.5. The van der Waals surface area contributed by atoms with Gasteiger partial charge in [-0.3, -0.25) is 4.79 Å². The van der Waals surface area contributed by atoms with E-state index < -0.39 is 0 Å². The second-order valence-electron chi connectivity index (χ2n) is 12.9. The van der Waals surface area contributed by atoms with Crippen LogP contribution in [0.4, 0.5) is 4.79 Å². The molecule has 3 amide bonds. The van der Waals surface area contributed by atoms with Crippen molar-refractivity contribution in [3.05, 3.63) is 95.6 Å². The van der Waals surface area contributed by atoms with Crippen molar-refractivity contribution in [1.29, 1.82) is 0 Å². The fourth-order valence-electron chi connectivity index (χ4n) is 6.36. The van der Waals surface area contributed by atoms with Crippen LogP contribution in [0.3, 0.4) is 0 Å². The van der Waals surface area contributed by atoms with Crippen LogP contribution in [0.2, 0.25) is 0 Å². The molecule has 1 saturated carbocycles. The molecule has 9 nitrogen and oxygen atoms in total. The smallest absolute Gasteiger partial charge is 0.318 e. The molecule has 252 valence electrons. The van der Waals surface area contributed by atoms with Crippen molar-refractivity contribution in [2.45, 2.75) is 51.2 Å². The van der Waals surface area contributed by atoms with Crippen LogP contribution in [-0.4, -0.2) is 87.4 Å². The average molecular weight is 643 g/mol. The van der Waals surface area contributed by atoms with E-state index in [1.807, 2.05) is 46.2 Å². The van der Waals surface area contributed by atoms with Gasteiger partial charge in [0.15, 0.2) is 11.5 Å². The number of nitrogens with one attached hydrogen (secondary N) is 2. The van der Waals surface area contributed by atoms with Gasteiger partial charge in [-0.05, 0) is 67.9 Å². The zero-order valence-corrected chi connectivity index (χ0v) is 28.2. The van der Waals surface area contributed by atoms with Gasteiger partial charge in [-0.2, -0.15) is 0 Å². The lowest BCUT2D eigenvalue weighted by Gasteiger charge is -2.34. The minimum absolute atomic E-state index is 0.00254. The molecule has 9 heteroatoms. The van der Waals surface area contributed by atoms with Crippen molar-refractivity contribution < 1.29 is 23.8 Å². The van der Waals surface area contributed by atoms with Crippen molar-refractivity contribution >= 4 is 11.9 Å². The Hall–Kier alpha value is -4.08. The van der Waals surface area contributed by atoms with Crippen LogP contribution in [-0.2, 0) is 4.74 Å². The Morgan fingerprint density at radius 1 is 0.851 bits per heavy atom. The zero-order chi connectivity index (χ0) is 33.2. The van der Waals surface area contributed by atoms with E-state index in [1.54, 1.807) is 32.4 Å². The van der Waals surface area contributed by atoms with Crippen molar-refractivity contribution in [1.82, 2.24) is 20.4 Å². The third kappa shape index (κ3) is 9.05. The summed E-state index contributed by atoms with van der Waals surface area (Å²) in [5, 5.41) is 6.92. The van der Waals surface area contributed by atoms with Crippen molar-refractivity contribution in [2.75, 3.05) is 53.6 Å². The van der Waals surface area contributed by atoms with Gasteiger partial charge in [0.2, 0.25) is 0 Å². The quantitative estimate of drug-likeness (QED) is 0.193. The molecule has 0 unspecified atom stereocenters. The maximum absolute atomic E-state index is 14.0. The maximum atomic E-state index is 14.0. The predicted molar refractivity (Wildman–Crippen MR) is 184 cm³/mol. The summed E-state index contributed by atoms with van der Waals surface area (Å²) in [5.41, 5.74) is 2.67.